The molecule has 0 radical (unpaired) electrons. The lowest BCUT2D eigenvalue weighted by molar-refractivity contribution is -0.156. The van der Waals surface area contributed by atoms with E-state index in [2.05, 4.69) is 31.2 Å². The number of benzene rings is 1. The molecular weight excluding hydrogens is 236 g/mol. The quantitative estimate of drug-likeness (QED) is 0.892. The van der Waals surface area contributed by atoms with Gasteiger partial charge >= 0.3 is 5.97 Å². The standard InChI is InChI=1S/C17H22O2/c1-2-13-3-5-14(6-4-13)16-7-10-17(11-8-16,12-9-16)15(18)19/h3-6H,2,7-12H2,1H3,(H,18,19). The molecule has 3 saturated carbocycles. The van der Waals surface area contributed by atoms with Crippen LogP contribution in [0.15, 0.2) is 24.3 Å². The summed E-state index contributed by atoms with van der Waals surface area (Å²) in [6, 6.07) is 9.02. The molecule has 0 amide bonds. The van der Waals surface area contributed by atoms with Crippen LogP contribution in [0.25, 0.3) is 0 Å². The number of carboxylic acids is 1. The highest BCUT2D eigenvalue weighted by molar-refractivity contribution is 5.75. The van der Waals surface area contributed by atoms with E-state index in [-0.39, 0.29) is 5.41 Å². The Bertz CT molecular complexity index is 462. The number of hydrogen-bond acceptors (Lipinski definition) is 1. The van der Waals surface area contributed by atoms with Crippen LogP contribution in [0.1, 0.15) is 56.6 Å². The smallest absolute Gasteiger partial charge is 0.309 e. The first-order chi connectivity index (χ1) is 9.10. The van der Waals surface area contributed by atoms with Gasteiger partial charge in [0.1, 0.15) is 0 Å². The van der Waals surface area contributed by atoms with E-state index >= 15 is 0 Å². The third-order valence-corrected chi connectivity index (χ3v) is 5.67. The van der Waals surface area contributed by atoms with Crippen molar-refractivity contribution in [3.05, 3.63) is 35.4 Å². The second-order valence-corrected chi connectivity index (χ2v) is 6.42. The maximum Gasteiger partial charge on any atom is 0.309 e. The van der Waals surface area contributed by atoms with Crippen molar-refractivity contribution in [1.82, 2.24) is 0 Å². The van der Waals surface area contributed by atoms with Gasteiger partial charge in [-0.05, 0) is 61.5 Å². The van der Waals surface area contributed by atoms with Crippen molar-refractivity contribution in [3.8, 4) is 0 Å². The molecule has 2 nitrogen and oxygen atoms in total. The molecule has 102 valence electrons. The third kappa shape index (κ3) is 1.89. The monoisotopic (exact) mass is 258 g/mol. The summed E-state index contributed by atoms with van der Waals surface area (Å²) < 4.78 is 0. The Hall–Kier alpha value is -1.31. The molecule has 19 heavy (non-hydrogen) atoms. The van der Waals surface area contributed by atoms with E-state index in [4.69, 9.17) is 0 Å². The second-order valence-electron chi connectivity index (χ2n) is 6.42. The highest BCUT2D eigenvalue weighted by atomic mass is 16.4. The number of aryl methyl sites for hydroxylation is 1. The Kier molecular flexibility index (Phi) is 2.92. The van der Waals surface area contributed by atoms with Crippen LogP contribution >= 0.6 is 0 Å². The Balaban J connectivity index is 1.85. The first-order valence-electron chi connectivity index (χ1n) is 7.43. The van der Waals surface area contributed by atoms with E-state index in [0.717, 1.165) is 44.9 Å². The van der Waals surface area contributed by atoms with Crippen LogP contribution < -0.4 is 0 Å². The molecule has 2 bridgehead atoms. The molecule has 1 aromatic rings. The van der Waals surface area contributed by atoms with E-state index in [0.29, 0.717) is 0 Å². The molecular formula is C17H22O2. The molecule has 0 heterocycles. The minimum atomic E-state index is -0.567. The summed E-state index contributed by atoms with van der Waals surface area (Å²) in [5, 5.41) is 9.44. The molecule has 0 spiro atoms. The first kappa shape index (κ1) is 12.7. The van der Waals surface area contributed by atoms with E-state index < -0.39 is 11.4 Å². The summed E-state index contributed by atoms with van der Waals surface area (Å²) in [6.45, 7) is 2.18. The molecule has 3 aliphatic carbocycles. The minimum absolute atomic E-state index is 0.267. The van der Waals surface area contributed by atoms with Gasteiger partial charge < -0.3 is 5.11 Å². The molecule has 2 heteroatoms. The van der Waals surface area contributed by atoms with Gasteiger partial charge in [-0.25, -0.2) is 0 Å². The van der Waals surface area contributed by atoms with Gasteiger partial charge in [-0.3, -0.25) is 4.79 Å². The van der Waals surface area contributed by atoms with Crippen LogP contribution in [0.5, 0.6) is 0 Å². The summed E-state index contributed by atoms with van der Waals surface area (Å²) >= 11 is 0. The summed E-state index contributed by atoms with van der Waals surface area (Å²) in [5.74, 6) is -0.567. The fourth-order valence-corrected chi connectivity index (χ4v) is 4.03. The normalized spacial score (nSPS) is 33.3. The fourth-order valence-electron chi connectivity index (χ4n) is 4.03. The van der Waals surface area contributed by atoms with Gasteiger partial charge in [0.15, 0.2) is 0 Å². The van der Waals surface area contributed by atoms with Crippen molar-refractivity contribution < 1.29 is 9.90 Å². The van der Waals surface area contributed by atoms with Crippen molar-refractivity contribution in [3.63, 3.8) is 0 Å². The van der Waals surface area contributed by atoms with Crippen molar-refractivity contribution in [2.45, 2.75) is 57.3 Å². The largest absolute Gasteiger partial charge is 0.481 e. The van der Waals surface area contributed by atoms with Gasteiger partial charge in [-0.2, -0.15) is 0 Å². The Morgan fingerprint density at radius 1 is 1.05 bits per heavy atom. The second kappa shape index (κ2) is 4.36. The summed E-state index contributed by atoms with van der Waals surface area (Å²) in [4.78, 5) is 11.5. The van der Waals surface area contributed by atoms with Crippen molar-refractivity contribution in [2.75, 3.05) is 0 Å². The van der Waals surface area contributed by atoms with Crippen LogP contribution in [0.2, 0.25) is 0 Å². The van der Waals surface area contributed by atoms with Crippen LogP contribution in [-0.2, 0) is 16.6 Å². The predicted molar refractivity (Wildman–Crippen MR) is 75.3 cm³/mol. The lowest BCUT2D eigenvalue weighted by Gasteiger charge is -2.51. The van der Waals surface area contributed by atoms with Crippen LogP contribution in [-0.4, -0.2) is 11.1 Å². The van der Waals surface area contributed by atoms with Crippen LogP contribution in [0.3, 0.4) is 0 Å². The van der Waals surface area contributed by atoms with E-state index in [1.54, 1.807) is 0 Å². The maximum absolute atomic E-state index is 11.5. The number of rotatable bonds is 3. The van der Waals surface area contributed by atoms with Crippen molar-refractivity contribution >= 4 is 5.97 Å². The minimum Gasteiger partial charge on any atom is -0.481 e. The summed E-state index contributed by atoms with van der Waals surface area (Å²) in [5.41, 5.74) is 2.68. The third-order valence-electron chi connectivity index (χ3n) is 5.67. The van der Waals surface area contributed by atoms with Gasteiger partial charge in [-0.1, -0.05) is 31.2 Å². The van der Waals surface area contributed by atoms with Crippen molar-refractivity contribution in [1.29, 1.82) is 0 Å². The molecule has 0 unspecified atom stereocenters. The fraction of sp³-hybridized carbons (Fsp3) is 0.588. The SMILES string of the molecule is CCc1ccc(C23CCC(C(=O)O)(CC2)CC3)cc1. The lowest BCUT2D eigenvalue weighted by atomic mass is 9.52. The predicted octanol–water partition coefficient (Wildman–Crippen LogP) is 3.93. The topological polar surface area (TPSA) is 37.3 Å². The lowest BCUT2D eigenvalue weighted by Crippen LogP contribution is -2.47. The number of fused-ring (bicyclic) bond motifs is 3. The molecule has 0 aromatic heterocycles. The zero-order chi connectivity index (χ0) is 13.5. The number of carbonyl (C=O) groups is 1. The number of carboxylic acid groups (broad SMARTS) is 1. The first-order valence-corrected chi connectivity index (χ1v) is 7.43. The van der Waals surface area contributed by atoms with Gasteiger partial charge in [-0.15, -0.1) is 0 Å². The Labute approximate surface area is 114 Å². The maximum atomic E-state index is 11.5. The Morgan fingerprint density at radius 3 is 2.00 bits per heavy atom. The van der Waals surface area contributed by atoms with Gasteiger partial charge in [0, 0.05) is 0 Å². The zero-order valence-corrected chi connectivity index (χ0v) is 11.6. The molecule has 3 aliphatic rings. The average molecular weight is 258 g/mol. The van der Waals surface area contributed by atoms with E-state index in [1.807, 2.05) is 0 Å². The molecule has 1 N–H and O–H groups in total. The number of aliphatic carboxylic acids is 1. The van der Waals surface area contributed by atoms with Crippen LogP contribution in [0.4, 0.5) is 0 Å². The van der Waals surface area contributed by atoms with Gasteiger partial charge in [0.25, 0.3) is 0 Å². The molecule has 3 fully saturated rings. The molecule has 1 aromatic carbocycles. The van der Waals surface area contributed by atoms with E-state index in [1.165, 1.54) is 11.1 Å². The molecule has 0 aliphatic heterocycles. The summed E-state index contributed by atoms with van der Waals surface area (Å²) in [7, 11) is 0. The number of hydrogen-bond donors (Lipinski definition) is 1. The van der Waals surface area contributed by atoms with E-state index in [9.17, 15) is 9.90 Å². The highest BCUT2D eigenvalue weighted by Gasteiger charge is 2.52. The van der Waals surface area contributed by atoms with Crippen LogP contribution in [0, 0.1) is 5.41 Å². The average Bonchev–Trinajstić information content (AvgIpc) is 2.49. The van der Waals surface area contributed by atoms with Gasteiger partial charge in [0.05, 0.1) is 5.41 Å². The van der Waals surface area contributed by atoms with Gasteiger partial charge in [0.2, 0.25) is 0 Å². The van der Waals surface area contributed by atoms with Crippen molar-refractivity contribution in [2.24, 2.45) is 5.41 Å². The molecule has 4 rings (SSSR count). The highest BCUT2D eigenvalue weighted by Crippen LogP contribution is 2.57. The molecule has 0 saturated heterocycles. The molecule has 0 atom stereocenters. The Morgan fingerprint density at radius 2 is 1.58 bits per heavy atom. The zero-order valence-electron chi connectivity index (χ0n) is 11.6. The summed E-state index contributed by atoms with van der Waals surface area (Å²) in [6.07, 6.45) is 6.79.